The van der Waals surface area contributed by atoms with Gasteiger partial charge in [-0.05, 0) is 49.9 Å². The number of aromatic nitrogens is 1. The Morgan fingerprint density at radius 2 is 1.96 bits per heavy atom. The number of nitrogens with zero attached hydrogens (tertiary/aromatic N) is 2. The lowest BCUT2D eigenvalue weighted by molar-refractivity contribution is -0.385. The average molecular weight is 314 g/mol. The maximum atomic E-state index is 10.7. The third-order valence-electron chi connectivity index (χ3n) is 4.01. The number of pyridine rings is 1. The summed E-state index contributed by atoms with van der Waals surface area (Å²) in [5.74, 6) is 1.37. The van der Waals surface area contributed by atoms with Crippen LogP contribution >= 0.6 is 0 Å². The van der Waals surface area contributed by atoms with Crippen LogP contribution in [0, 0.1) is 10.1 Å². The maximum Gasteiger partial charge on any atom is 0.287 e. The van der Waals surface area contributed by atoms with E-state index in [9.17, 15) is 10.1 Å². The van der Waals surface area contributed by atoms with Gasteiger partial charge in [0, 0.05) is 11.6 Å². The molecule has 6 heteroatoms. The van der Waals surface area contributed by atoms with Crippen molar-refractivity contribution >= 4 is 5.69 Å². The molecule has 1 aromatic carbocycles. The molecule has 0 radical (unpaired) electrons. The topological polar surface area (TPSA) is 74.5 Å². The number of hydrogen-bond donors (Lipinski definition) is 0. The van der Waals surface area contributed by atoms with E-state index >= 15 is 0 Å². The van der Waals surface area contributed by atoms with Gasteiger partial charge in [0.1, 0.15) is 6.20 Å². The normalized spacial score (nSPS) is 14.7. The molecule has 1 aliphatic rings. The fraction of sp³-hybridized carbons (Fsp3) is 0.353. The number of nitro groups is 1. The monoisotopic (exact) mass is 314 g/mol. The highest BCUT2D eigenvalue weighted by Crippen LogP contribution is 2.35. The molecule has 0 amide bonds. The standard InChI is InChI=1S/C17H18N2O4/c1-22-16-9-6-12(10-17(16)23-14-4-2-3-5-14)15-8-7-13(11-18-15)19(20)21/h6-11,14H,2-5H2,1H3. The molecule has 6 nitrogen and oxygen atoms in total. The van der Waals surface area contributed by atoms with E-state index in [4.69, 9.17) is 9.47 Å². The molecule has 0 N–H and O–H groups in total. The Balaban J connectivity index is 1.88. The van der Waals surface area contributed by atoms with E-state index < -0.39 is 4.92 Å². The van der Waals surface area contributed by atoms with Crippen LogP contribution in [-0.2, 0) is 0 Å². The minimum atomic E-state index is -0.459. The van der Waals surface area contributed by atoms with Crippen molar-refractivity contribution in [1.82, 2.24) is 4.98 Å². The molecular formula is C17H18N2O4. The first-order valence-corrected chi connectivity index (χ1v) is 7.63. The van der Waals surface area contributed by atoms with Crippen molar-refractivity contribution < 1.29 is 14.4 Å². The Hall–Kier alpha value is -2.63. The van der Waals surface area contributed by atoms with Crippen LogP contribution in [0.25, 0.3) is 11.3 Å². The van der Waals surface area contributed by atoms with E-state index in [2.05, 4.69) is 4.98 Å². The zero-order valence-corrected chi connectivity index (χ0v) is 12.9. The molecule has 0 atom stereocenters. The van der Waals surface area contributed by atoms with Gasteiger partial charge in [-0.1, -0.05) is 0 Å². The average Bonchev–Trinajstić information content (AvgIpc) is 3.08. The summed E-state index contributed by atoms with van der Waals surface area (Å²) >= 11 is 0. The maximum absolute atomic E-state index is 10.7. The molecule has 0 bridgehead atoms. The van der Waals surface area contributed by atoms with Gasteiger partial charge in [0.25, 0.3) is 5.69 Å². The van der Waals surface area contributed by atoms with Crippen LogP contribution in [0.5, 0.6) is 11.5 Å². The predicted octanol–water partition coefficient (Wildman–Crippen LogP) is 3.99. The van der Waals surface area contributed by atoms with Gasteiger partial charge in [-0.2, -0.15) is 0 Å². The van der Waals surface area contributed by atoms with Crippen molar-refractivity contribution in [1.29, 1.82) is 0 Å². The van der Waals surface area contributed by atoms with Gasteiger partial charge in [0.2, 0.25) is 0 Å². The number of methoxy groups -OCH3 is 1. The van der Waals surface area contributed by atoms with Crippen LogP contribution in [0.3, 0.4) is 0 Å². The second-order valence-corrected chi connectivity index (χ2v) is 5.55. The zero-order chi connectivity index (χ0) is 16.2. The summed E-state index contributed by atoms with van der Waals surface area (Å²) in [5.41, 5.74) is 1.48. The molecule has 1 heterocycles. The van der Waals surface area contributed by atoms with Gasteiger partial charge in [-0.25, -0.2) is 4.98 Å². The van der Waals surface area contributed by atoms with E-state index in [0.717, 1.165) is 18.4 Å². The molecule has 0 unspecified atom stereocenters. The van der Waals surface area contributed by atoms with Crippen LogP contribution in [0.15, 0.2) is 36.5 Å². The van der Waals surface area contributed by atoms with Gasteiger partial charge < -0.3 is 9.47 Å². The quantitative estimate of drug-likeness (QED) is 0.616. The van der Waals surface area contributed by atoms with Crippen molar-refractivity contribution in [3.63, 3.8) is 0 Å². The van der Waals surface area contributed by atoms with Crippen LogP contribution < -0.4 is 9.47 Å². The molecule has 0 saturated heterocycles. The summed E-state index contributed by atoms with van der Waals surface area (Å²) in [6, 6.07) is 8.67. The molecule has 1 aromatic heterocycles. The van der Waals surface area contributed by atoms with Crippen molar-refractivity contribution in [2.45, 2.75) is 31.8 Å². The SMILES string of the molecule is COc1ccc(-c2ccc([N+](=O)[O-])cn2)cc1OC1CCCC1. The Morgan fingerprint density at radius 3 is 2.57 bits per heavy atom. The number of benzene rings is 1. The summed E-state index contributed by atoms with van der Waals surface area (Å²) in [5, 5.41) is 10.7. The largest absolute Gasteiger partial charge is 0.493 e. The van der Waals surface area contributed by atoms with Crippen LogP contribution in [0.4, 0.5) is 5.69 Å². The van der Waals surface area contributed by atoms with Crippen molar-refractivity contribution in [3.8, 4) is 22.8 Å². The molecule has 0 aliphatic heterocycles. The fourth-order valence-electron chi connectivity index (χ4n) is 2.78. The number of ether oxygens (including phenoxy) is 2. The second kappa shape index (κ2) is 6.64. The molecule has 0 spiro atoms. The lowest BCUT2D eigenvalue weighted by Gasteiger charge is -2.16. The van der Waals surface area contributed by atoms with Crippen LogP contribution in [0.1, 0.15) is 25.7 Å². The lowest BCUT2D eigenvalue weighted by Crippen LogP contribution is -2.11. The minimum Gasteiger partial charge on any atom is -0.493 e. The summed E-state index contributed by atoms with van der Waals surface area (Å²) in [6.07, 6.45) is 5.99. The van der Waals surface area contributed by atoms with Crippen molar-refractivity contribution in [3.05, 3.63) is 46.6 Å². The third kappa shape index (κ3) is 3.41. The van der Waals surface area contributed by atoms with Crippen molar-refractivity contribution in [2.75, 3.05) is 7.11 Å². The van der Waals surface area contributed by atoms with E-state index in [-0.39, 0.29) is 11.8 Å². The third-order valence-corrected chi connectivity index (χ3v) is 4.01. The Labute approximate surface area is 134 Å². The molecular weight excluding hydrogens is 296 g/mol. The van der Waals surface area contributed by atoms with Gasteiger partial charge in [-0.15, -0.1) is 0 Å². The first-order chi connectivity index (χ1) is 11.2. The first-order valence-electron chi connectivity index (χ1n) is 7.63. The highest BCUT2D eigenvalue weighted by Gasteiger charge is 2.19. The number of rotatable bonds is 5. The van der Waals surface area contributed by atoms with Gasteiger partial charge in [0.05, 0.1) is 23.8 Å². The van der Waals surface area contributed by atoms with E-state index in [1.807, 2.05) is 18.2 Å². The van der Waals surface area contributed by atoms with Gasteiger partial charge in [-0.3, -0.25) is 10.1 Å². The van der Waals surface area contributed by atoms with E-state index in [1.165, 1.54) is 25.1 Å². The molecule has 1 aliphatic carbocycles. The smallest absolute Gasteiger partial charge is 0.287 e. The molecule has 2 aromatic rings. The Morgan fingerprint density at radius 1 is 1.17 bits per heavy atom. The summed E-state index contributed by atoms with van der Waals surface area (Å²) < 4.78 is 11.4. The Bertz CT molecular complexity index is 694. The highest BCUT2D eigenvalue weighted by atomic mass is 16.6. The highest BCUT2D eigenvalue weighted by molar-refractivity contribution is 5.64. The second-order valence-electron chi connectivity index (χ2n) is 5.55. The zero-order valence-electron chi connectivity index (χ0n) is 12.9. The van der Waals surface area contributed by atoms with E-state index in [0.29, 0.717) is 17.2 Å². The molecule has 1 saturated carbocycles. The summed E-state index contributed by atoms with van der Waals surface area (Å²) in [7, 11) is 1.61. The summed E-state index contributed by atoms with van der Waals surface area (Å²) in [4.78, 5) is 14.4. The molecule has 3 rings (SSSR count). The van der Waals surface area contributed by atoms with Crippen LogP contribution in [0.2, 0.25) is 0 Å². The Kier molecular flexibility index (Phi) is 4.41. The van der Waals surface area contributed by atoms with E-state index in [1.54, 1.807) is 13.2 Å². The lowest BCUT2D eigenvalue weighted by atomic mass is 10.1. The van der Waals surface area contributed by atoms with Crippen molar-refractivity contribution in [2.24, 2.45) is 0 Å². The predicted molar refractivity (Wildman–Crippen MR) is 85.8 cm³/mol. The van der Waals surface area contributed by atoms with Gasteiger partial charge >= 0.3 is 0 Å². The first kappa shape index (κ1) is 15.3. The molecule has 120 valence electrons. The minimum absolute atomic E-state index is 0.0234. The fourth-order valence-corrected chi connectivity index (χ4v) is 2.78. The molecule has 1 fully saturated rings. The molecule has 23 heavy (non-hydrogen) atoms. The van der Waals surface area contributed by atoms with Gasteiger partial charge in [0.15, 0.2) is 11.5 Å². The van der Waals surface area contributed by atoms with Crippen LogP contribution in [-0.4, -0.2) is 23.1 Å². The number of hydrogen-bond acceptors (Lipinski definition) is 5. The summed E-state index contributed by atoms with van der Waals surface area (Å²) in [6.45, 7) is 0.